The zero-order valence-electron chi connectivity index (χ0n) is 9.96. The number of amides is 1. The Hall–Kier alpha value is -1.88. The van der Waals surface area contributed by atoms with Crippen LogP contribution in [-0.4, -0.2) is 16.9 Å². The maximum atomic E-state index is 12.4. The van der Waals surface area contributed by atoms with Crippen LogP contribution >= 0.6 is 11.3 Å². The van der Waals surface area contributed by atoms with Gasteiger partial charge in [-0.1, -0.05) is 0 Å². The first-order valence-corrected chi connectivity index (χ1v) is 6.71. The van der Waals surface area contributed by atoms with Crippen LogP contribution < -0.4 is 10.6 Å². The van der Waals surface area contributed by atoms with Gasteiger partial charge in [0.15, 0.2) is 0 Å². The van der Waals surface area contributed by atoms with Crippen molar-refractivity contribution in [2.24, 2.45) is 0 Å². The van der Waals surface area contributed by atoms with E-state index >= 15 is 0 Å². The maximum Gasteiger partial charge on any atom is 0.278 e. The average molecular weight is 259 g/mol. The molecule has 0 aliphatic carbocycles. The standard InChI is InChI=1S/C13H13N3OS/c1-8-4-9-5-10(14)2-3-12(9)16(8)13(17)11-6-18-7-15-11/h2-3,5-8H,4,14H2,1H3. The van der Waals surface area contributed by atoms with Crippen molar-refractivity contribution in [1.82, 2.24) is 4.98 Å². The first kappa shape index (κ1) is 11.2. The normalized spacial score (nSPS) is 17.8. The van der Waals surface area contributed by atoms with E-state index in [1.54, 1.807) is 10.9 Å². The lowest BCUT2D eigenvalue weighted by Gasteiger charge is -2.21. The number of thiazole rings is 1. The van der Waals surface area contributed by atoms with E-state index in [9.17, 15) is 4.79 Å². The number of nitrogens with two attached hydrogens (primary N) is 1. The van der Waals surface area contributed by atoms with E-state index < -0.39 is 0 Å². The van der Waals surface area contributed by atoms with Crippen LogP contribution in [0.15, 0.2) is 29.1 Å². The quantitative estimate of drug-likeness (QED) is 0.799. The highest BCUT2D eigenvalue weighted by atomic mass is 32.1. The molecule has 1 unspecified atom stereocenters. The molecule has 5 heteroatoms. The largest absolute Gasteiger partial charge is 0.399 e. The van der Waals surface area contributed by atoms with Crippen molar-refractivity contribution >= 4 is 28.6 Å². The highest BCUT2D eigenvalue weighted by Gasteiger charge is 2.32. The lowest BCUT2D eigenvalue weighted by molar-refractivity contribution is 0.0977. The Labute approximate surface area is 109 Å². The summed E-state index contributed by atoms with van der Waals surface area (Å²) < 4.78 is 0. The molecule has 4 nitrogen and oxygen atoms in total. The van der Waals surface area contributed by atoms with Gasteiger partial charge in [-0.05, 0) is 37.1 Å². The van der Waals surface area contributed by atoms with E-state index in [0.29, 0.717) is 5.69 Å². The molecule has 0 radical (unpaired) electrons. The summed E-state index contributed by atoms with van der Waals surface area (Å²) in [6.07, 6.45) is 0.844. The average Bonchev–Trinajstić information content (AvgIpc) is 2.94. The number of hydrogen-bond donors (Lipinski definition) is 1. The Balaban J connectivity index is 2.02. The van der Waals surface area contributed by atoms with Gasteiger partial charge >= 0.3 is 0 Å². The highest BCUT2D eigenvalue weighted by Crippen LogP contribution is 2.34. The fourth-order valence-electron chi connectivity index (χ4n) is 2.40. The van der Waals surface area contributed by atoms with Gasteiger partial charge in [-0.25, -0.2) is 4.98 Å². The number of benzene rings is 1. The van der Waals surface area contributed by atoms with Crippen molar-refractivity contribution in [2.75, 3.05) is 10.6 Å². The molecule has 1 aliphatic heterocycles. The summed E-state index contributed by atoms with van der Waals surface area (Å²) in [5.41, 5.74) is 10.8. The van der Waals surface area contributed by atoms with Crippen molar-refractivity contribution < 1.29 is 4.79 Å². The number of anilines is 2. The van der Waals surface area contributed by atoms with Gasteiger partial charge in [0.1, 0.15) is 5.69 Å². The summed E-state index contributed by atoms with van der Waals surface area (Å²) in [6, 6.07) is 5.84. The van der Waals surface area contributed by atoms with Crippen molar-refractivity contribution in [1.29, 1.82) is 0 Å². The molecule has 0 fully saturated rings. The van der Waals surface area contributed by atoms with Crippen LogP contribution in [0.4, 0.5) is 11.4 Å². The fraction of sp³-hybridized carbons (Fsp3) is 0.231. The van der Waals surface area contributed by atoms with Gasteiger partial charge in [0.2, 0.25) is 0 Å². The van der Waals surface area contributed by atoms with Gasteiger partial charge in [-0.2, -0.15) is 0 Å². The second-order valence-corrected chi connectivity index (χ2v) is 5.21. The minimum Gasteiger partial charge on any atom is -0.399 e. The molecule has 1 aliphatic rings. The summed E-state index contributed by atoms with van der Waals surface area (Å²) in [6.45, 7) is 2.04. The van der Waals surface area contributed by atoms with Crippen LogP contribution in [0.2, 0.25) is 0 Å². The predicted octanol–water partition coefficient (Wildman–Crippen LogP) is 2.32. The second-order valence-electron chi connectivity index (χ2n) is 4.49. The van der Waals surface area contributed by atoms with Crippen LogP contribution in [-0.2, 0) is 6.42 Å². The number of fused-ring (bicyclic) bond motifs is 1. The lowest BCUT2D eigenvalue weighted by atomic mass is 10.1. The van der Waals surface area contributed by atoms with Gasteiger partial charge in [-0.3, -0.25) is 4.79 Å². The Morgan fingerprint density at radius 3 is 3.11 bits per heavy atom. The number of nitrogen functional groups attached to an aromatic ring is 1. The number of carbonyl (C=O) groups is 1. The van der Waals surface area contributed by atoms with E-state index in [-0.39, 0.29) is 11.9 Å². The number of aromatic nitrogens is 1. The molecule has 0 spiro atoms. The fourth-order valence-corrected chi connectivity index (χ4v) is 2.93. The predicted molar refractivity (Wildman–Crippen MR) is 72.9 cm³/mol. The van der Waals surface area contributed by atoms with Crippen molar-refractivity contribution in [3.05, 3.63) is 40.3 Å². The number of carbonyl (C=O) groups excluding carboxylic acids is 1. The van der Waals surface area contributed by atoms with Gasteiger partial charge in [-0.15, -0.1) is 11.3 Å². The Morgan fingerprint density at radius 2 is 2.39 bits per heavy atom. The number of hydrogen-bond acceptors (Lipinski definition) is 4. The van der Waals surface area contributed by atoms with Crippen LogP contribution in [0.1, 0.15) is 23.0 Å². The molecule has 0 saturated heterocycles. The van der Waals surface area contributed by atoms with Crippen molar-refractivity contribution in [3.63, 3.8) is 0 Å². The maximum absolute atomic E-state index is 12.4. The Kier molecular flexibility index (Phi) is 2.56. The van der Waals surface area contributed by atoms with Crippen LogP contribution in [0, 0.1) is 0 Å². The molecule has 1 atom stereocenters. The molecule has 18 heavy (non-hydrogen) atoms. The number of rotatable bonds is 1. The van der Waals surface area contributed by atoms with Gasteiger partial charge in [0.05, 0.1) is 5.51 Å². The first-order chi connectivity index (χ1) is 8.66. The molecule has 0 bridgehead atoms. The summed E-state index contributed by atoms with van der Waals surface area (Å²) in [5.74, 6) is -0.0349. The molecule has 2 aromatic rings. The lowest BCUT2D eigenvalue weighted by Crippen LogP contribution is -2.35. The smallest absolute Gasteiger partial charge is 0.278 e. The molecule has 1 amide bonds. The third-order valence-electron chi connectivity index (χ3n) is 3.19. The van der Waals surface area contributed by atoms with Crippen molar-refractivity contribution in [3.8, 4) is 0 Å². The minimum absolute atomic E-state index is 0.0349. The minimum atomic E-state index is -0.0349. The number of nitrogens with zero attached hydrogens (tertiary/aromatic N) is 2. The van der Waals surface area contributed by atoms with E-state index in [4.69, 9.17) is 5.73 Å². The summed E-state index contributed by atoms with van der Waals surface area (Å²) in [7, 11) is 0. The second kappa shape index (κ2) is 4.10. The third-order valence-corrected chi connectivity index (χ3v) is 3.78. The summed E-state index contributed by atoms with van der Waals surface area (Å²) in [4.78, 5) is 18.3. The van der Waals surface area contributed by atoms with E-state index in [2.05, 4.69) is 4.98 Å². The molecular formula is C13H13N3OS. The van der Waals surface area contributed by atoms with Gasteiger partial charge < -0.3 is 10.6 Å². The molecule has 2 heterocycles. The van der Waals surface area contributed by atoms with E-state index in [1.807, 2.05) is 30.0 Å². The van der Waals surface area contributed by atoms with Crippen LogP contribution in [0.5, 0.6) is 0 Å². The Bertz CT molecular complexity index is 594. The zero-order chi connectivity index (χ0) is 12.7. The third kappa shape index (κ3) is 1.67. The molecular weight excluding hydrogens is 246 g/mol. The molecule has 1 aromatic heterocycles. The van der Waals surface area contributed by atoms with E-state index in [1.165, 1.54) is 11.3 Å². The van der Waals surface area contributed by atoms with Crippen LogP contribution in [0.3, 0.4) is 0 Å². The summed E-state index contributed by atoms with van der Waals surface area (Å²) >= 11 is 1.43. The topological polar surface area (TPSA) is 59.2 Å². The van der Waals surface area contributed by atoms with Gasteiger partial charge in [0.25, 0.3) is 5.91 Å². The zero-order valence-corrected chi connectivity index (χ0v) is 10.8. The van der Waals surface area contributed by atoms with Crippen LogP contribution in [0.25, 0.3) is 0 Å². The Morgan fingerprint density at radius 1 is 1.56 bits per heavy atom. The van der Waals surface area contributed by atoms with Crippen molar-refractivity contribution in [2.45, 2.75) is 19.4 Å². The molecule has 1 aromatic carbocycles. The first-order valence-electron chi connectivity index (χ1n) is 5.77. The molecule has 92 valence electrons. The van der Waals surface area contributed by atoms with Gasteiger partial charge in [0, 0.05) is 22.8 Å². The highest BCUT2D eigenvalue weighted by molar-refractivity contribution is 7.07. The SMILES string of the molecule is CC1Cc2cc(N)ccc2N1C(=O)c1cscn1. The monoisotopic (exact) mass is 259 g/mol. The molecule has 3 rings (SSSR count). The molecule has 0 saturated carbocycles. The molecule has 2 N–H and O–H groups in total. The summed E-state index contributed by atoms with van der Waals surface area (Å²) in [5, 5.41) is 1.78. The van der Waals surface area contributed by atoms with E-state index in [0.717, 1.165) is 23.4 Å².